The molecule has 55 heavy (non-hydrogen) atoms. The smallest absolute Gasteiger partial charge is 0.416 e. The number of carbonyl (C=O) groups is 2. The number of benzene rings is 1. The molecule has 0 saturated carbocycles. The van der Waals surface area contributed by atoms with Crippen molar-refractivity contribution in [2.24, 2.45) is 11.7 Å². The number of carboxylic acids is 1. The van der Waals surface area contributed by atoms with Crippen LogP contribution in [0.3, 0.4) is 0 Å². The zero-order valence-electron chi connectivity index (χ0n) is 29.8. The number of amides is 1. The summed E-state index contributed by atoms with van der Waals surface area (Å²) in [5.41, 5.74) is 2.75. The van der Waals surface area contributed by atoms with Gasteiger partial charge in [0.05, 0.1) is 72.2 Å². The van der Waals surface area contributed by atoms with Crippen molar-refractivity contribution < 1.29 is 64.4 Å². The minimum absolute atomic E-state index is 0.00284. The van der Waals surface area contributed by atoms with Gasteiger partial charge in [0, 0.05) is 32.0 Å². The van der Waals surface area contributed by atoms with Crippen molar-refractivity contribution >= 4 is 23.4 Å². The number of ether oxygens (including phenoxy) is 2. The Balaban J connectivity index is 0.000000876. The first-order valence-electron chi connectivity index (χ1n) is 17.0. The molecule has 2 atom stereocenters. The van der Waals surface area contributed by atoms with Crippen molar-refractivity contribution in [1.29, 1.82) is 0 Å². The summed E-state index contributed by atoms with van der Waals surface area (Å²) in [6.07, 6.45) is -10.1. The van der Waals surface area contributed by atoms with Crippen LogP contribution < -0.4 is 20.3 Å². The van der Waals surface area contributed by atoms with Crippen LogP contribution in [-0.4, -0.2) is 89.7 Å². The molecule has 2 aliphatic rings. The highest BCUT2D eigenvalue weighted by Gasteiger charge is 2.50. The molecule has 0 aliphatic carbocycles. The van der Waals surface area contributed by atoms with Crippen LogP contribution in [0.25, 0.3) is 0 Å². The quantitative estimate of drug-likeness (QED) is 0.141. The van der Waals surface area contributed by atoms with E-state index in [-0.39, 0.29) is 86.7 Å². The van der Waals surface area contributed by atoms with Crippen LogP contribution >= 0.6 is 0 Å². The fraction of sp³-hybridized carbons (Fsp3) is 0.514. The first kappa shape index (κ1) is 42.9. The number of nitrogens with zero attached hydrogens (tertiary/aromatic N) is 5. The van der Waals surface area contributed by atoms with Gasteiger partial charge >= 0.3 is 24.4 Å². The number of alkyl halides is 8. The number of hydrogen-bond acceptors (Lipinski definition) is 9. The van der Waals surface area contributed by atoms with E-state index < -0.39 is 72.8 Å². The summed E-state index contributed by atoms with van der Waals surface area (Å²) < 4.78 is 114. The van der Waals surface area contributed by atoms with E-state index >= 15 is 0 Å². The fourth-order valence-corrected chi connectivity index (χ4v) is 6.57. The lowest BCUT2D eigenvalue weighted by Crippen LogP contribution is -2.64. The Hall–Kier alpha value is -4.85. The topological polar surface area (TPSA) is 164 Å². The number of fused-ring (bicyclic) bond motifs is 1. The fourth-order valence-electron chi connectivity index (χ4n) is 6.57. The van der Waals surface area contributed by atoms with Crippen LogP contribution in [0.2, 0.25) is 0 Å². The number of halogens is 8. The zero-order chi connectivity index (χ0) is 40.7. The molecule has 20 heteroatoms. The molecule has 0 spiro atoms. The lowest BCUT2D eigenvalue weighted by Gasteiger charge is -2.47. The molecule has 2 aliphatic heterocycles. The summed E-state index contributed by atoms with van der Waals surface area (Å²) in [5.74, 6) is -2.36. The highest BCUT2D eigenvalue weighted by Crippen LogP contribution is 2.44. The van der Waals surface area contributed by atoms with Crippen LogP contribution in [0, 0.1) is 5.92 Å². The van der Waals surface area contributed by atoms with Crippen molar-refractivity contribution in [2.45, 2.75) is 63.0 Å². The average molecular weight is 793 g/mol. The predicted molar refractivity (Wildman–Crippen MR) is 182 cm³/mol. The molecule has 0 bridgehead atoms. The van der Waals surface area contributed by atoms with E-state index in [1.165, 1.54) is 25.4 Å². The highest BCUT2D eigenvalue weighted by molar-refractivity contribution is 5.89. The number of rotatable bonds is 11. The van der Waals surface area contributed by atoms with Crippen LogP contribution in [0.5, 0.6) is 5.88 Å². The van der Waals surface area contributed by atoms with Crippen molar-refractivity contribution in [3.8, 4) is 5.88 Å². The van der Waals surface area contributed by atoms with Gasteiger partial charge in [0.1, 0.15) is 24.8 Å². The van der Waals surface area contributed by atoms with Gasteiger partial charge in [-0.2, -0.15) is 26.3 Å². The van der Waals surface area contributed by atoms with E-state index in [2.05, 4.69) is 19.7 Å². The second kappa shape index (κ2) is 17.7. The summed E-state index contributed by atoms with van der Waals surface area (Å²) in [6, 6.07) is 4.26. The van der Waals surface area contributed by atoms with E-state index in [1.807, 2.05) is 0 Å². The van der Waals surface area contributed by atoms with Gasteiger partial charge in [-0.3, -0.25) is 9.69 Å². The maximum atomic E-state index is 13.7. The predicted octanol–water partition coefficient (Wildman–Crippen LogP) is 6.64. The van der Waals surface area contributed by atoms with Gasteiger partial charge < -0.3 is 30.3 Å². The van der Waals surface area contributed by atoms with Gasteiger partial charge in [-0.1, -0.05) is 6.92 Å². The molecule has 4 N–H and O–H groups in total. The first-order chi connectivity index (χ1) is 25.9. The molecule has 1 amide bonds. The molecule has 3 aromatic rings. The Morgan fingerprint density at radius 2 is 1.55 bits per heavy atom. The lowest BCUT2D eigenvalue weighted by atomic mass is 9.80. The van der Waals surface area contributed by atoms with E-state index in [0.29, 0.717) is 23.5 Å². The van der Waals surface area contributed by atoms with E-state index in [0.717, 1.165) is 4.90 Å². The number of carboxylic acid groups (broad SMARTS) is 2. The van der Waals surface area contributed by atoms with Crippen LogP contribution in [0.15, 0.2) is 36.5 Å². The Kier molecular flexibility index (Phi) is 13.8. The Morgan fingerprint density at radius 1 is 0.945 bits per heavy atom. The maximum Gasteiger partial charge on any atom is 0.416 e. The summed E-state index contributed by atoms with van der Waals surface area (Å²) >= 11 is 0. The molecule has 4 heterocycles. The van der Waals surface area contributed by atoms with Gasteiger partial charge in [0.2, 0.25) is 5.88 Å². The number of nitrogens with two attached hydrogens (primary N) is 1. The minimum atomic E-state index is -5.07. The summed E-state index contributed by atoms with van der Waals surface area (Å²) in [6.45, 7) is 1.07. The van der Waals surface area contributed by atoms with E-state index in [4.69, 9.17) is 10.5 Å². The average Bonchev–Trinajstić information content (AvgIpc) is 3.14. The van der Waals surface area contributed by atoms with Gasteiger partial charge in [-0.05, 0) is 49.1 Å². The lowest BCUT2D eigenvalue weighted by molar-refractivity contribution is -0.144. The van der Waals surface area contributed by atoms with Crippen molar-refractivity contribution in [1.82, 2.24) is 15.0 Å². The molecule has 0 radical (unpaired) electrons. The molecular weight excluding hydrogens is 752 g/mol. The normalized spacial score (nSPS) is 19.0. The van der Waals surface area contributed by atoms with Crippen molar-refractivity contribution in [3.63, 3.8) is 0 Å². The SMILES string of the molecule is CCC1(N)C(c2ncc(N3CCC(C(=O)O)CC3)c(Cc3cc(C(F)(F)F)cc(C(F)(F)F)c3)n2)Cc2nc(OC)ccc2N1C(=O)O.FCCOCCF. The molecule has 1 aromatic carbocycles. The molecule has 302 valence electrons. The first-order valence-corrected chi connectivity index (χ1v) is 17.0. The Labute approximate surface area is 310 Å². The zero-order valence-corrected chi connectivity index (χ0v) is 29.8. The standard InChI is InChI=1S/C31H32F6N6O5.C4H8F2O/c1-3-29(38)20(14-22-23(43(29)28(46)47)4-5-25(40-22)48-2)26-39-15-24(42-8-6-17(7-9-42)27(44)45)21(41-26)12-16-10-18(30(32,33)34)13-19(11-16)31(35,36)37;5-1-3-7-4-2-6/h4-5,10-11,13,15,17,20H,3,6-9,12,14,38H2,1-2H3,(H,44,45)(H,46,47);1-4H2. The van der Waals surface area contributed by atoms with Crippen LogP contribution in [0.1, 0.15) is 66.0 Å². The van der Waals surface area contributed by atoms with Crippen LogP contribution in [0.4, 0.5) is 51.3 Å². The monoisotopic (exact) mass is 792 g/mol. The van der Waals surface area contributed by atoms with Gasteiger partial charge in [-0.15, -0.1) is 0 Å². The number of aromatic nitrogens is 3. The maximum absolute atomic E-state index is 13.7. The highest BCUT2D eigenvalue weighted by atomic mass is 19.4. The van der Waals surface area contributed by atoms with Gasteiger partial charge in [0.15, 0.2) is 0 Å². The molecule has 5 rings (SSSR count). The largest absolute Gasteiger partial charge is 0.481 e. The van der Waals surface area contributed by atoms with Gasteiger partial charge in [0.25, 0.3) is 0 Å². The third kappa shape index (κ3) is 10.1. The summed E-state index contributed by atoms with van der Waals surface area (Å²) in [4.78, 5) is 40.4. The molecule has 2 aromatic heterocycles. The van der Waals surface area contributed by atoms with E-state index in [1.54, 1.807) is 11.8 Å². The number of pyridine rings is 1. The molecule has 12 nitrogen and oxygen atoms in total. The number of hydrogen-bond donors (Lipinski definition) is 3. The number of piperidine rings is 1. The molecule has 1 fully saturated rings. The second-order valence-corrected chi connectivity index (χ2v) is 12.8. The van der Waals surface area contributed by atoms with Crippen LogP contribution in [-0.2, 0) is 34.7 Å². The number of anilines is 2. The molecular formula is C35H40F8N6O6. The molecule has 1 saturated heterocycles. The Morgan fingerprint density at radius 3 is 2.04 bits per heavy atom. The Bertz CT molecular complexity index is 1770. The third-order valence-corrected chi connectivity index (χ3v) is 9.37. The second-order valence-electron chi connectivity index (χ2n) is 12.8. The van der Waals surface area contributed by atoms with Gasteiger partial charge in [-0.25, -0.2) is 28.5 Å². The van der Waals surface area contributed by atoms with Crippen molar-refractivity contribution in [3.05, 3.63) is 70.4 Å². The summed E-state index contributed by atoms with van der Waals surface area (Å²) in [5, 5.41) is 19.7. The number of aliphatic carboxylic acids is 1. The third-order valence-electron chi connectivity index (χ3n) is 9.37. The van der Waals surface area contributed by atoms with E-state index in [9.17, 15) is 54.9 Å². The number of methoxy groups -OCH3 is 1. The summed E-state index contributed by atoms with van der Waals surface area (Å²) in [7, 11) is 1.38. The minimum Gasteiger partial charge on any atom is -0.481 e. The molecule has 2 unspecified atom stereocenters. The van der Waals surface area contributed by atoms with Crippen molar-refractivity contribution in [2.75, 3.05) is 56.6 Å².